The standard InChI is InChI=1S/C15H22N4O2S.2ClH/c1-11-8-19(4-5-21-11)14-3-2-12(6-16-14)7-17-15(20)13-9-22-10-18-13;;/h2-3,6,11,13,18H,4-5,7-10H2,1H3,(H,17,20);2*1H. The maximum absolute atomic E-state index is 11.9. The van der Waals surface area contributed by atoms with Crippen LogP contribution in [0.2, 0.25) is 0 Å². The number of anilines is 1. The van der Waals surface area contributed by atoms with Gasteiger partial charge >= 0.3 is 0 Å². The highest BCUT2D eigenvalue weighted by molar-refractivity contribution is 7.99. The van der Waals surface area contributed by atoms with Crippen molar-refractivity contribution in [3.05, 3.63) is 23.9 Å². The molecule has 2 fully saturated rings. The molecular formula is C15H24Cl2N4O2S. The van der Waals surface area contributed by atoms with E-state index >= 15 is 0 Å². The number of nitrogens with one attached hydrogen (secondary N) is 2. The van der Waals surface area contributed by atoms with Gasteiger partial charge in [0.25, 0.3) is 0 Å². The van der Waals surface area contributed by atoms with Gasteiger partial charge in [-0.1, -0.05) is 6.07 Å². The molecular weight excluding hydrogens is 371 g/mol. The highest BCUT2D eigenvalue weighted by Crippen LogP contribution is 2.15. The zero-order valence-electron chi connectivity index (χ0n) is 13.6. The number of amides is 1. The summed E-state index contributed by atoms with van der Waals surface area (Å²) in [5.74, 6) is 2.74. The van der Waals surface area contributed by atoms with E-state index < -0.39 is 0 Å². The molecule has 0 radical (unpaired) electrons. The molecule has 0 spiro atoms. The SMILES string of the molecule is CC1CN(c2ccc(CNC(=O)C3CSCN3)cn2)CCO1.Cl.Cl. The second-order valence-corrected chi connectivity index (χ2v) is 6.67. The van der Waals surface area contributed by atoms with Crippen LogP contribution in [-0.4, -0.2) is 54.4 Å². The average Bonchev–Trinajstić information content (AvgIpc) is 3.08. The Morgan fingerprint density at radius 1 is 1.50 bits per heavy atom. The van der Waals surface area contributed by atoms with Crippen molar-refractivity contribution in [2.75, 3.05) is 36.2 Å². The maximum atomic E-state index is 11.9. The highest BCUT2D eigenvalue weighted by atomic mass is 35.5. The molecule has 3 heterocycles. The summed E-state index contributed by atoms with van der Waals surface area (Å²) in [6, 6.07) is 3.98. The molecule has 2 atom stereocenters. The number of thioether (sulfide) groups is 1. The third-order valence-corrected chi connectivity index (χ3v) is 4.81. The van der Waals surface area contributed by atoms with Gasteiger partial charge in [-0.15, -0.1) is 36.6 Å². The van der Waals surface area contributed by atoms with Gasteiger partial charge in [-0.3, -0.25) is 10.1 Å². The van der Waals surface area contributed by atoms with Gasteiger partial charge < -0.3 is 15.0 Å². The largest absolute Gasteiger partial charge is 0.375 e. The number of morpholine rings is 1. The van der Waals surface area contributed by atoms with Crippen molar-refractivity contribution in [3.63, 3.8) is 0 Å². The normalized spacial score (nSPS) is 23.1. The number of rotatable bonds is 4. The van der Waals surface area contributed by atoms with E-state index in [2.05, 4.69) is 27.4 Å². The van der Waals surface area contributed by atoms with E-state index in [0.29, 0.717) is 6.54 Å². The Morgan fingerprint density at radius 2 is 2.33 bits per heavy atom. The van der Waals surface area contributed by atoms with Gasteiger partial charge in [0.05, 0.1) is 18.8 Å². The van der Waals surface area contributed by atoms with Crippen molar-refractivity contribution >= 4 is 48.3 Å². The smallest absolute Gasteiger partial charge is 0.238 e. The topological polar surface area (TPSA) is 66.5 Å². The zero-order valence-corrected chi connectivity index (χ0v) is 16.0. The van der Waals surface area contributed by atoms with Crippen molar-refractivity contribution in [1.29, 1.82) is 0 Å². The minimum Gasteiger partial charge on any atom is -0.375 e. The summed E-state index contributed by atoms with van der Waals surface area (Å²) in [5, 5.41) is 6.12. The van der Waals surface area contributed by atoms with E-state index in [1.807, 2.05) is 18.3 Å². The average molecular weight is 395 g/mol. The van der Waals surface area contributed by atoms with Crippen molar-refractivity contribution in [3.8, 4) is 0 Å². The minimum absolute atomic E-state index is 0. The summed E-state index contributed by atoms with van der Waals surface area (Å²) >= 11 is 1.75. The van der Waals surface area contributed by atoms with E-state index in [4.69, 9.17) is 4.74 Å². The van der Waals surface area contributed by atoms with Crippen molar-refractivity contribution in [2.24, 2.45) is 0 Å². The molecule has 2 aliphatic rings. The molecule has 0 aromatic carbocycles. The fourth-order valence-electron chi connectivity index (χ4n) is 2.61. The fourth-order valence-corrected chi connectivity index (χ4v) is 3.55. The fraction of sp³-hybridized carbons (Fsp3) is 0.600. The lowest BCUT2D eigenvalue weighted by Gasteiger charge is -2.32. The second-order valence-electron chi connectivity index (χ2n) is 5.64. The number of hydrogen-bond acceptors (Lipinski definition) is 6. The van der Waals surface area contributed by atoms with E-state index in [-0.39, 0.29) is 42.9 Å². The van der Waals surface area contributed by atoms with Gasteiger partial charge in [0.2, 0.25) is 5.91 Å². The lowest BCUT2D eigenvalue weighted by Crippen LogP contribution is -2.42. The molecule has 2 saturated heterocycles. The third kappa shape index (κ3) is 5.67. The number of aromatic nitrogens is 1. The second kappa shape index (κ2) is 10.3. The molecule has 24 heavy (non-hydrogen) atoms. The highest BCUT2D eigenvalue weighted by Gasteiger charge is 2.22. The van der Waals surface area contributed by atoms with Gasteiger partial charge in [-0.05, 0) is 18.6 Å². The molecule has 9 heteroatoms. The zero-order chi connectivity index (χ0) is 15.4. The van der Waals surface area contributed by atoms with E-state index in [9.17, 15) is 4.79 Å². The Kier molecular flexibility index (Phi) is 9.15. The quantitative estimate of drug-likeness (QED) is 0.804. The summed E-state index contributed by atoms with van der Waals surface area (Å²) in [6.07, 6.45) is 2.08. The molecule has 136 valence electrons. The molecule has 0 bridgehead atoms. The molecule has 3 rings (SSSR count). The Morgan fingerprint density at radius 3 is 2.96 bits per heavy atom. The summed E-state index contributed by atoms with van der Waals surface area (Å²) in [5.41, 5.74) is 1.02. The van der Waals surface area contributed by atoms with Crippen LogP contribution in [0.15, 0.2) is 18.3 Å². The Hall–Kier alpha value is -0.730. The molecule has 0 aliphatic carbocycles. The lowest BCUT2D eigenvalue weighted by atomic mass is 10.2. The molecule has 1 amide bonds. The Bertz CT molecular complexity index is 515. The van der Waals surface area contributed by atoms with E-state index in [1.165, 1.54) is 0 Å². The number of carbonyl (C=O) groups excluding carboxylic acids is 1. The predicted molar refractivity (Wildman–Crippen MR) is 102 cm³/mol. The van der Waals surface area contributed by atoms with Crippen molar-refractivity contribution in [1.82, 2.24) is 15.6 Å². The van der Waals surface area contributed by atoms with Crippen LogP contribution in [0.1, 0.15) is 12.5 Å². The first-order chi connectivity index (χ1) is 10.7. The lowest BCUT2D eigenvalue weighted by molar-refractivity contribution is -0.122. The Labute approximate surface area is 159 Å². The van der Waals surface area contributed by atoms with E-state index in [0.717, 1.165) is 42.7 Å². The summed E-state index contributed by atoms with van der Waals surface area (Å²) in [4.78, 5) is 18.7. The van der Waals surface area contributed by atoms with Crippen molar-refractivity contribution in [2.45, 2.75) is 25.6 Å². The number of halogens is 2. The first-order valence-corrected chi connectivity index (χ1v) is 8.78. The summed E-state index contributed by atoms with van der Waals surface area (Å²) in [6.45, 7) is 5.08. The van der Waals surface area contributed by atoms with Crippen LogP contribution in [0.3, 0.4) is 0 Å². The number of hydrogen-bond donors (Lipinski definition) is 2. The van der Waals surface area contributed by atoms with Gasteiger partial charge in [0, 0.05) is 37.5 Å². The number of ether oxygens (including phenoxy) is 1. The van der Waals surface area contributed by atoms with Gasteiger partial charge in [-0.2, -0.15) is 0 Å². The predicted octanol–water partition coefficient (Wildman–Crippen LogP) is 1.43. The van der Waals surface area contributed by atoms with Gasteiger partial charge in [0.15, 0.2) is 0 Å². The van der Waals surface area contributed by atoms with E-state index in [1.54, 1.807) is 11.8 Å². The molecule has 2 aliphatic heterocycles. The van der Waals surface area contributed by atoms with Gasteiger partial charge in [0.1, 0.15) is 5.82 Å². The van der Waals surface area contributed by atoms with Crippen LogP contribution in [0.4, 0.5) is 5.82 Å². The number of carbonyl (C=O) groups is 1. The van der Waals surface area contributed by atoms with Crippen molar-refractivity contribution < 1.29 is 9.53 Å². The number of pyridine rings is 1. The molecule has 6 nitrogen and oxygen atoms in total. The molecule has 0 saturated carbocycles. The molecule has 2 N–H and O–H groups in total. The summed E-state index contributed by atoms with van der Waals surface area (Å²) in [7, 11) is 0. The van der Waals surface area contributed by atoms with Crippen LogP contribution in [-0.2, 0) is 16.1 Å². The monoisotopic (exact) mass is 394 g/mol. The van der Waals surface area contributed by atoms with Crippen LogP contribution >= 0.6 is 36.6 Å². The molecule has 1 aromatic rings. The molecule has 2 unspecified atom stereocenters. The third-order valence-electron chi connectivity index (χ3n) is 3.87. The van der Waals surface area contributed by atoms with Crippen LogP contribution in [0.5, 0.6) is 0 Å². The minimum atomic E-state index is -0.0629. The first kappa shape index (κ1) is 21.3. The maximum Gasteiger partial charge on any atom is 0.238 e. The molecule has 1 aromatic heterocycles. The van der Waals surface area contributed by atoms with Crippen LogP contribution < -0.4 is 15.5 Å². The summed E-state index contributed by atoms with van der Waals surface area (Å²) < 4.78 is 5.54. The van der Waals surface area contributed by atoms with Crippen LogP contribution in [0, 0.1) is 0 Å². The Balaban J connectivity index is 0.00000144. The first-order valence-electron chi connectivity index (χ1n) is 7.62. The van der Waals surface area contributed by atoms with Crippen LogP contribution in [0.25, 0.3) is 0 Å². The van der Waals surface area contributed by atoms with Gasteiger partial charge in [-0.25, -0.2) is 4.98 Å². The number of nitrogens with zero attached hydrogens (tertiary/aromatic N) is 2.